The number of nitro benzene ring substituents is 1. The summed E-state index contributed by atoms with van der Waals surface area (Å²) in [6, 6.07) is 3.62. The van der Waals surface area contributed by atoms with Gasteiger partial charge in [0.05, 0.1) is 4.92 Å². The molecule has 0 spiro atoms. The summed E-state index contributed by atoms with van der Waals surface area (Å²) in [4.78, 5) is 10.3. The van der Waals surface area contributed by atoms with Crippen molar-refractivity contribution in [1.29, 1.82) is 0 Å². The molecule has 0 bridgehead atoms. The molecule has 1 aromatic carbocycles. The number of benzene rings is 1. The summed E-state index contributed by atoms with van der Waals surface area (Å²) < 4.78 is 0. The van der Waals surface area contributed by atoms with E-state index in [4.69, 9.17) is 0 Å². The SMILES string of the molecule is CCc1cc(C)cc([N+](=O)[O-])c1C. The Bertz CT molecular complexity index is 345. The average Bonchev–Trinajstić information content (AvgIpc) is 2.08. The van der Waals surface area contributed by atoms with Gasteiger partial charge in [-0.2, -0.15) is 0 Å². The van der Waals surface area contributed by atoms with Crippen LogP contribution in [0.5, 0.6) is 0 Å². The molecule has 0 N–H and O–H groups in total. The van der Waals surface area contributed by atoms with Crippen LogP contribution in [0, 0.1) is 24.0 Å². The van der Waals surface area contributed by atoms with E-state index in [0.29, 0.717) is 0 Å². The van der Waals surface area contributed by atoms with Crippen LogP contribution < -0.4 is 0 Å². The molecule has 0 amide bonds. The molecule has 3 heteroatoms. The third-order valence-corrected chi connectivity index (χ3v) is 2.21. The maximum Gasteiger partial charge on any atom is 0.272 e. The Labute approximate surface area is 77.5 Å². The molecule has 1 rings (SSSR count). The van der Waals surface area contributed by atoms with Gasteiger partial charge in [0.25, 0.3) is 5.69 Å². The lowest BCUT2D eigenvalue weighted by Crippen LogP contribution is -1.96. The number of aryl methyl sites for hydroxylation is 2. The van der Waals surface area contributed by atoms with Crippen LogP contribution in [-0.2, 0) is 6.42 Å². The number of hydrogen-bond donors (Lipinski definition) is 0. The van der Waals surface area contributed by atoms with Gasteiger partial charge in [-0.05, 0) is 31.4 Å². The zero-order valence-electron chi connectivity index (χ0n) is 8.13. The fourth-order valence-electron chi connectivity index (χ4n) is 1.47. The molecule has 0 radical (unpaired) electrons. The summed E-state index contributed by atoms with van der Waals surface area (Å²) in [5, 5.41) is 10.6. The molecule has 3 nitrogen and oxygen atoms in total. The minimum atomic E-state index is -0.318. The molecular weight excluding hydrogens is 166 g/mol. The van der Waals surface area contributed by atoms with Gasteiger partial charge in [0.1, 0.15) is 0 Å². The van der Waals surface area contributed by atoms with Gasteiger partial charge in [-0.1, -0.05) is 13.0 Å². The van der Waals surface area contributed by atoms with Gasteiger partial charge in [-0.25, -0.2) is 0 Å². The molecule has 0 aliphatic heterocycles. The van der Waals surface area contributed by atoms with Gasteiger partial charge in [-0.15, -0.1) is 0 Å². The Balaban J connectivity index is 3.35. The second kappa shape index (κ2) is 3.56. The molecule has 1 aromatic rings. The van der Waals surface area contributed by atoms with Crippen molar-refractivity contribution in [2.75, 3.05) is 0 Å². The van der Waals surface area contributed by atoms with Gasteiger partial charge < -0.3 is 0 Å². The van der Waals surface area contributed by atoms with Crippen LogP contribution in [0.25, 0.3) is 0 Å². The highest BCUT2D eigenvalue weighted by molar-refractivity contribution is 5.47. The summed E-state index contributed by atoms with van der Waals surface area (Å²) in [5.41, 5.74) is 3.04. The second-order valence-electron chi connectivity index (χ2n) is 3.18. The van der Waals surface area contributed by atoms with Gasteiger partial charge >= 0.3 is 0 Å². The zero-order chi connectivity index (χ0) is 10.0. The van der Waals surface area contributed by atoms with E-state index in [1.807, 2.05) is 19.9 Å². The van der Waals surface area contributed by atoms with Gasteiger partial charge in [0.15, 0.2) is 0 Å². The largest absolute Gasteiger partial charge is 0.272 e. The summed E-state index contributed by atoms with van der Waals surface area (Å²) in [5.74, 6) is 0. The molecule has 13 heavy (non-hydrogen) atoms. The molecule has 0 saturated carbocycles. The van der Waals surface area contributed by atoms with Crippen molar-refractivity contribution >= 4 is 5.69 Å². The van der Waals surface area contributed by atoms with E-state index < -0.39 is 0 Å². The Morgan fingerprint density at radius 2 is 2.00 bits per heavy atom. The van der Waals surface area contributed by atoms with E-state index >= 15 is 0 Å². The topological polar surface area (TPSA) is 43.1 Å². The third kappa shape index (κ3) is 1.86. The lowest BCUT2D eigenvalue weighted by molar-refractivity contribution is -0.385. The van der Waals surface area contributed by atoms with Crippen molar-refractivity contribution < 1.29 is 4.92 Å². The third-order valence-electron chi connectivity index (χ3n) is 2.21. The highest BCUT2D eigenvalue weighted by atomic mass is 16.6. The van der Waals surface area contributed by atoms with E-state index in [1.165, 1.54) is 0 Å². The van der Waals surface area contributed by atoms with Crippen LogP contribution in [0.15, 0.2) is 12.1 Å². The van der Waals surface area contributed by atoms with Crippen molar-refractivity contribution in [3.63, 3.8) is 0 Å². The maximum absolute atomic E-state index is 10.6. The molecule has 0 aliphatic carbocycles. The first-order valence-corrected chi connectivity index (χ1v) is 4.30. The highest BCUT2D eigenvalue weighted by Crippen LogP contribution is 2.23. The molecule has 0 atom stereocenters. The lowest BCUT2D eigenvalue weighted by Gasteiger charge is -2.04. The van der Waals surface area contributed by atoms with E-state index in [1.54, 1.807) is 13.0 Å². The van der Waals surface area contributed by atoms with Crippen molar-refractivity contribution in [3.8, 4) is 0 Å². The minimum absolute atomic E-state index is 0.233. The van der Waals surface area contributed by atoms with Crippen LogP contribution in [-0.4, -0.2) is 4.92 Å². The predicted octanol–water partition coefficient (Wildman–Crippen LogP) is 2.77. The number of rotatable bonds is 2. The van der Waals surface area contributed by atoms with Crippen LogP contribution >= 0.6 is 0 Å². The fraction of sp³-hybridized carbons (Fsp3) is 0.400. The molecule has 0 unspecified atom stereocenters. The Morgan fingerprint density at radius 1 is 1.38 bits per heavy atom. The summed E-state index contributed by atoms with van der Waals surface area (Å²) >= 11 is 0. The van der Waals surface area contributed by atoms with E-state index in [9.17, 15) is 10.1 Å². The normalized spacial score (nSPS) is 10.1. The van der Waals surface area contributed by atoms with Gasteiger partial charge in [0, 0.05) is 11.6 Å². The fourth-order valence-corrected chi connectivity index (χ4v) is 1.47. The van der Waals surface area contributed by atoms with Crippen molar-refractivity contribution in [3.05, 3.63) is 38.9 Å². The smallest absolute Gasteiger partial charge is 0.258 e. The van der Waals surface area contributed by atoms with Gasteiger partial charge in [0.2, 0.25) is 0 Å². The molecule has 0 heterocycles. The van der Waals surface area contributed by atoms with E-state index in [0.717, 1.165) is 23.1 Å². The molecule has 0 saturated heterocycles. The van der Waals surface area contributed by atoms with Crippen LogP contribution in [0.3, 0.4) is 0 Å². The minimum Gasteiger partial charge on any atom is -0.258 e. The molecular formula is C10H13NO2. The highest BCUT2D eigenvalue weighted by Gasteiger charge is 2.13. The summed E-state index contributed by atoms with van der Waals surface area (Å²) in [6.07, 6.45) is 0.842. The maximum atomic E-state index is 10.6. The van der Waals surface area contributed by atoms with E-state index in [2.05, 4.69) is 0 Å². The quantitative estimate of drug-likeness (QED) is 0.517. The van der Waals surface area contributed by atoms with Crippen molar-refractivity contribution in [1.82, 2.24) is 0 Å². The zero-order valence-corrected chi connectivity index (χ0v) is 8.13. The summed E-state index contributed by atoms with van der Waals surface area (Å²) in [7, 11) is 0. The molecule has 70 valence electrons. The number of nitrogens with zero attached hydrogens (tertiary/aromatic N) is 1. The van der Waals surface area contributed by atoms with Crippen molar-refractivity contribution in [2.24, 2.45) is 0 Å². The first kappa shape index (κ1) is 9.71. The first-order chi connectivity index (χ1) is 6.06. The lowest BCUT2D eigenvalue weighted by atomic mass is 10.0. The van der Waals surface area contributed by atoms with Crippen molar-refractivity contribution in [2.45, 2.75) is 27.2 Å². The number of nitro groups is 1. The standard InChI is InChI=1S/C10H13NO2/c1-4-9-5-7(2)6-10(8(9)3)11(12)13/h5-6H,4H2,1-3H3. The van der Waals surface area contributed by atoms with E-state index in [-0.39, 0.29) is 10.6 Å². The molecule has 0 fully saturated rings. The Morgan fingerprint density at radius 3 is 2.46 bits per heavy atom. The number of hydrogen-bond acceptors (Lipinski definition) is 2. The van der Waals surface area contributed by atoms with Crippen LogP contribution in [0.4, 0.5) is 5.69 Å². The first-order valence-electron chi connectivity index (χ1n) is 4.30. The monoisotopic (exact) mass is 179 g/mol. The summed E-state index contributed by atoms with van der Waals surface area (Å²) in [6.45, 7) is 5.69. The van der Waals surface area contributed by atoms with Crippen LogP contribution in [0.2, 0.25) is 0 Å². The van der Waals surface area contributed by atoms with Crippen LogP contribution in [0.1, 0.15) is 23.6 Å². The Kier molecular flexibility index (Phi) is 2.66. The Hall–Kier alpha value is -1.38. The molecule has 0 aromatic heterocycles. The van der Waals surface area contributed by atoms with Gasteiger partial charge in [-0.3, -0.25) is 10.1 Å². The molecule has 0 aliphatic rings. The average molecular weight is 179 g/mol. The second-order valence-corrected chi connectivity index (χ2v) is 3.18. The predicted molar refractivity (Wildman–Crippen MR) is 51.9 cm³/mol.